The van der Waals surface area contributed by atoms with Crippen LogP contribution in [0.5, 0.6) is 0 Å². The number of carbonyl (C=O) groups excluding carboxylic acids is 1. The van der Waals surface area contributed by atoms with Crippen LogP contribution >= 0.6 is 0 Å². The van der Waals surface area contributed by atoms with Crippen LogP contribution in [-0.2, 0) is 12.7 Å². The molecular formula is C25H21F5N6O. The van der Waals surface area contributed by atoms with E-state index >= 15 is 0 Å². The van der Waals surface area contributed by atoms with E-state index in [-0.39, 0.29) is 23.5 Å². The third-order valence-corrected chi connectivity index (χ3v) is 5.58. The van der Waals surface area contributed by atoms with Crippen LogP contribution in [0.1, 0.15) is 40.0 Å². The quantitative estimate of drug-likeness (QED) is 0.283. The molecule has 7 nitrogen and oxygen atoms in total. The average molecular weight is 516 g/mol. The van der Waals surface area contributed by atoms with Gasteiger partial charge in [0.25, 0.3) is 5.91 Å². The van der Waals surface area contributed by atoms with E-state index in [0.717, 1.165) is 23.1 Å². The fourth-order valence-corrected chi connectivity index (χ4v) is 3.57. The van der Waals surface area contributed by atoms with Crippen molar-refractivity contribution in [3.05, 3.63) is 88.7 Å². The Morgan fingerprint density at radius 1 is 1.00 bits per heavy atom. The van der Waals surface area contributed by atoms with Crippen molar-refractivity contribution in [2.45, 2.75) is 25.7 Å². The average Bonchev–Trinajstić information content (AvgIpc) is 2.87. The molecule has 0 radical (unpaired) electrons. The number of pyridine rings is 1. The number of nitrogens with one attached hydrogen (secondary N) is 3. The fourth-order valence-electron chi connectivity index (χ4n) is 3.57. The van der Waals surface area contributed by atoms with Gasteiger partial charge in [-0.15, -0.1) is 0 Å². The standard InChI is InChI=1S/C25H21F5N6O/c1-13(15-4-5-19(26)20(27)8-15)35-23(37)18-9-17(25(28,29)30)12-33-22(18)32-10-14-3-6-21-16(7-14)11-34-24(31-2)36-21/h3-9,11-13H,10H2,1-2H3,(H,32,33)(H,35,37)(H,31,34,36)/t13-/m0/s1. The van der Waals surface area contributed by atoms with Crippen LogP contribution in [0.15, 0.2) is 54.9 Å². The second kappa shape index (κ2) is 10.3. The highest BCUT2D eigenvalue weighted by atomic mass is 19.4. The molecule has 12 heteroatoms. The molecule has 1 atom stereocenters. The van der Waals surface area contributed by atoms with E-state index in [4.69, 9.17) is 0 Å². The van der Waals surface area contributed by atoms with Gasteiger partial charge in [-0.05, 0) is 48.4 Å². The number of benzene rings is 2. The van der Waals surface area contributed by atoms with Crippen molar-refractivity contribution in [1.29, 1.82) is 0 Å². The van der Waals surface area contributed by atoms with Crippen molar-refractivity contribution in [1.82, 2.24) is 20.3 Å². The van der Waals surface area contributed by atoms with E-state index in [2.05, 4.69) is 30.9 Å². The molecule has 3 N–H and O–H groups in total. The highest BCUT2D eigenvalue weighted by Crippen LogP contribution is 2.31. The summed E-state index contributed by atoms with van der Waals surface area (Å²) >= 11 is 0. The lowest BCUT2D eigenvalue weighted by Gasteiger charge is -2.18. The minimum Gasteiger partial charge on any atom is -0.365 e. The van der Waals surface area contributed by atoms with Gasteiger partial charge in [-0.25, -0.2) is 23.7 Å². The van der Waals surface area contributed by atoms with E-state index in [1.165, 1.54) is 13.0 Å². The molecule has 0 spiro atoms. The molecule has 0 fully saturated rings. The molecule has 0 saturated carbocycles. The Labute approximate surface area is 208 Å². The first-order valence-electron chi connectivity index (χ1n) is 11.1. The normalized spacial score (nSPS) is 12.3. The van der Waals surface area contributed by atoms with Crippen LogP contribution in [0.3, 0.4) is 0 Å². The molecule has 2 aromatic heterocycles. The summed E-state index contributed by atoms with van der Waals surface area (Å²) in [7, 11) is 1.70. The summed E-state index contributed by atoms with van der Waals surface area (Å²) in [5, 5.41) is 9.01. The lowest BCUT2D eigenvalue weighted by molar-refractivity contribution is -0.137. The summed E-state index contributed by atoms with van der Waals surface area (Å²) in [6.07, 6.45) is -2.46. The van der Waals surface area contributed by atoms with Gasteiger partial charge in [-0.2, -0.15) is 13.2 Å². The van der Waals surface area contributed by atoms with Gasteiger partial charge in [0.05, 0.1) is 22.7 Å². The number of hydrogen-bond donors (Lipinski definition) is 3. The number of rotatable bonds is 7. The number of anilines is 2. The first kappa shape index (κ1) is 25.7. The molecule has 0 aliphatic rings. The molecule has 0 bridgehead atoms. The maximum Gasteiger partial charge on any atom is 0.417 e. The van der Waals surface area contributed by atoms with Crippen molar-refractivity contribution in [3.8, 4) is 0 Å². The van der Waals surface area contributed by atoms with E-state index < -0.39 is 35.3 Å². The van der Waals surface area contributed by atoms with E-state index in [0.29, 0.717) is 23.7 Å². The molecule has 4 rings (SSSR count). The van der Waals surface area contributed by atoms with E-state index in [9.17, 15) is 26.7 Å². The fraction of sp³-hybridized carbons (Fsp3) is 0.200. The predicted molar refractivity (Wildman–Crippen MR) is 128 cm³/mol. The second-order valence-electron chi connectivity index (χ2n) is 8.18. The van der Waals surface area contributed by atoms with Gasteiger partial charge < -0.3 is 16.0 Å². The Kier molecular flexibility index (Phi) is 7.18. The van der Waals surface area contributed by atoms with Crippen molar-refractivity contribution >= 4 is 28.6 Å². The summed E-state index contributed by atoms with van der Waals surface area (Å²) in [6, 6.07) is 8.30. The topological polar surface area (TPSA) is 91.8 Å². The molecular weight excluding hydrogens is 495 g/mol. The van der Waals surface area contributed by atoms with Crippen molar-refractivity contribution in [2.24, 2.45) is 0 Å². The molecule has 0 aliphatic carbocycles. The van der Waals surface area contributed by atoms with Crippen LogP contribution < -0.4 is 16.0 Å². The van der Waals surface area contributed by atoms with E-state index in [1.54, 1.807) is 31.4 Å². The Morgan fingerprint density at radius 3 is 2.49 bits per heavy atom. The SMILES string of the molecule is CNc1ncc2cc(CNc3ncc(C(F)(F)F)cc3C(=O)N[C@@H](C)c3ccc(F)c(F)c3)ccc2n1. The molecule has 0 aliphatic heterocycles. The maximum absolute atomic E-state index is 13.6. The number of aromatic nitrogens is 3. The number of carbonyl (C=O) groups is 1. The van der Waals surface area contributed by atoms with Crippen LogP contribution in [-0.4, -0.2) is 27.9 Å². The zero-order chi connectivity index (χ0) is 26.7. The third-order valence-electron chi connectivity index (χ3n) is 5.58. The Hall–Kier alpha value is -4.35. The number of halogens is 5. The summed E-state index contributed by atoms with van der Waals surface area (Å²) in [4.78, 5) is 25.3. The molecule has 0 saturated heterocycles. The summed E-state index contributed by atoms with van der Waals surface area (Å²) in [6.45, 7) is 1.64. The van der Waals surface area contributed by atoms with Crippen molar-refractivity contribution < 1.29 is 26.7 Å². The monoisotopic (exact) mass is 516 g/mol. The minimum absolute atomic E-state index is 0.0788. The summed E-state index contributed by atoms with van der Waals surface area (Å²) < 4.78 is 66.9. The number of amides is 1. The number of fused-ring (bicyclic) bond motifs is 1. The third kappa shape index (κ3) is 5.90. The largest absolute Gasteiger partial charge is 0.417 e. The van der Waals surface area contributed by atoms with Crippen LogP contribution in [0, 0.1) is 11.6 Å². The van der Waals surface area contributed by atoms with Gasteiger partial charge in [0.2, 0.25) is 5.95 Å². The molecule has 2 heterocycles. The lowest BCUT2D eigenvalue weighted by Crippen LogP contribution is -2.28. The van der Waals surface area contributed by atoms with Crippen LogP contribution in [0.2, 0.25) is 0 Å². The highest BCUT2D eigenvalue weighted by Gasteiger charge is 2.33. The number of alkyl halides is 3. The summed E-state index contributed by atoms with van der Waals surface area (Å²) in [5.74, 6) is -2.65. The maximum atomic E-state index is 13.6. The minimum atomic E-state index is -4.73. The second-order valence-corrected chi connectivity index (χ2v) is 8.18. The van der Waals surface area contributed by atoms with Crippen LogP contribution in [0.25, 0.3) is 10.9 Å². The van der Waals surface area contributed by atoms with Gasteiger partial charge in [-0.3, -0.25) is 4.79 Å². The van der Waals surface area contributed by atoms with Gasteiger partial charge in [0.1, 0.15) is 5.82 Å². The molecule has 37 heavy (non-hydrogen) atoms. The van der Waals surface area contributed by atoms with Crippen LogP contribution in [0.4, 0.5) is 33.7 Å². The Bertz CT molecular complexity index is 1460. The van der Waals surface area contributed by atoms with Gasteiger partial charge in [0.15, 0.2) is 11.6 Å². The highest BCUT2D eigenvalue weighted by molar-refractivity contribution is 5.99. The number of nitrogens with zero attached hydrogens (tertiary/aromatic N) is 3. The number of hydrogen-bond acceptors (Lipinski definition) is 6. The first-order chi connectivity index (χ1) is 17.5. The zero-order valence-corrected chi connectivity index (χ0v) is 19.6. The molecule has 192 valence electrons. The van der Waals surface area contributed by atoms with E-state index in [1.807, 2.05) is 0 Å². The van der Waals surface area contributed by atoms with Gasteiger partial charge in [0, 0.05) is 31.4 Å². The summed E-state index contributed by atoms with van der Waals surface area (Å²) in [5.41, 5.74) is 0.221. The Balaban J connectivity index is 1.58. The van der Waals surface area contributed by atoms with Crippen molar-refractivity contribution in [3.63, 3.8) is 0 Å². The lowest BCUT2D eigenvalue weighted by atomic mass is 10.1. The van der Waals surface area contributed by atoms with Crippen molar-refractivity contribution in [2.75, 3.05) is 17.7 Å². The first-order valence-corrected chi connectivity index (χ1v) is 11.1. The van der Waals surface area contributed by atoms with Gasteiger partial charge in [-0.1, -0.05) is 12.1 Å². The predicted octanol–water partition coefficient (Wildman–Crippen LogP) is 5.47. The molecule has 0 unspecified atom stereocenters. The van der Waals surface area contributed by atoms with Gasteiger partial charge >= 0.3 is 6.18 Å². The molecule has 2 aromatic carbocycles. The zero-order valence-electron chi connectivity index (χ0n) is 19.6. The molecule has 1 amide bonds. The smallest absolute Gasteiger partial charge is 0.365 e. The molecule has 4 aromatic rings. The Morgan fingerprint density at radius 2 is 1.78 bits per heavy atom.